The second kappa shape index (κ2) is 5.30. The Morgan fingerprint density at radius 1 is 1.53 bits per heavy atom. The molecule has 0 amide bonds. The first-order valence-corrected chi connectivity index (χ1v) is 6.71. The van der Waals surface area contributed by atoms with Gasteiger partial charge in [0.05, 0.1) is 22.8 Å². The average molecular weight is 308 g/mol. The molecule has 5 heteroatoms. The summed E-state index contributed by atoms with van der Waals surface area (Å²) in [5.41, 5.74) is 2.65. The van der Waals surface area contributed by atoms with Crippen molar-refractivity contribution in [3.05, 3.63) is 44.3 Å². The van der Waals surface area contributed by atoms with Crippen LogP contribution in [-0.4, -0.2) is 4.98 Å². The molecule has 86 valence electrons. The van der Waals surface area contributed by atoms with E-state index in [2.05, 4.69) is 32.3 Å². The maximum Gasteiger partial charge on any atom is 0.100 e. The molecule has 1 N–H and O–H groups in total. The van der Waals surface area contributed by atoms with Crippen molar-refractivity contribution < 1.29 is 0 Å². The molecule has 0 fully saturated rings. The van der Waals surface area contributed by atoms with E-state index in [4.69, 9.17) is 5.26 Å². The molecule has 0 radical (unpaired) electrons. The minimum Gasteiger partial charge on any atom is -0.379 e. The van der Waals surface area contributed by atoms with Crippen LogP contribution >= 0.6 is 27.3 Å². The number of thiazole rings is 1. The number of nitrogens with zero attached hydrogens (tertiary/aromatic N) is 2. The number of rotatable bonds is 3. The van der Waals surface area contributed by atoms with Crippen LogP contribution in [0.15, 0.2) is 28.1 Å². The summed E-state index contributed by atoms with van der Waals surface area (Å²) in [7, 11) is 0. The number of hydrogen-bond donors (Lipinski definition) is 1. The number of benzene rings is 1. The number of aryl methyl sites for hydroxylation is 1. The van der Waals surface area contributed by atoms with E-state index in [0.717, 1.165) is 20.9 Å². The van der Waals surface area contributed by atoms with E-state index in [1.54, 1.807) is 17.4 Å². The summed E-state index contributed by atoms with van der Waals surface area (Å²) in [6.07, 6.45) is 0. The molecular formula is C12H10BrN3S. The van der Waals surface area contributed by atoms with Crippen LogP contribution < -0.4 is 5.32 Å². The third-order valence-electron chi connectivity index (χ3n) is 2.23. The molecule has 3 nitrogen and oxygen atoms in total. The Bertz CT molecular complexity index is 571. The molecule has 0 unspecified atom stereocenters. The first-order chi connectivity index (χ1) is 8.19. The number of hydrogen-bond acceptors (Lipinski definition) is 4. The standard InChI is InChI=1S/C12H10BrN3S/c1-8-16-11(7-17-8)6-15-10-3-2-9(5-14)12(13)4-10/h2-4,7,15H,6H2,1H3. The third-order valence-corrected chi connectivity index (χ3v) is 3.71. The van der Waals surface area contributed by atoms with Crippen LogP contribution in [0.25, 0.3) is 0 Å². The first kappa shape index (κ1) is 12.1. The average Bonchev–Trinajstić information content (AvgIpc) is 2.73. The Hall–Kier alpha value is -1.38. The van der Waals surface area contributed by atoms with Crippen molar-refractivity contribution in [2.75, 3.05) is 5.32 Å². The topological polar surface area (TPSA) is 48.7 Å². The van der Waals surface area contributed by atoms with Crippen molar-refractivity contribution in [2.24, 2.45) is 0 Å². The molecule has 2 aromatic rings. The molecule has 0 atom stereocenters. The predicted octanol–water partition coefficient (Wildman–Crippen LogP) is 3.70. The van der Waals surface area contributed by atoms with Gasteiger partial charge in [-0.15, -0.1) is 11.3 Å². The third kappa shape index (κ3) is 3.05. The van der Waals surface area contributed by atoms with Crippen molar-refractivity contribution in [1.82, 2.24) is 4.98 Å². The number of nitrogens with one attached hydrogen (secondary N) is 1. The molecule has 0 bridgehead atoms. The van der Waals surface area contributed by atoms with Crippen LogP contribution in [-0.2, 0) is 6.54 Å². The van der Waals surface area contributed by atoms with Crippen LogP contribution in [0.1, 0.15) is 16.3 Å². The monoisotopic (exact) mass is 307 g/mol. The van der Waals surface area contributed by atoms with Gasteiger partial charge < -0.3 is 5.32 Å². The van der Waals surface area contributed by atoms with Gasteiger partial charge in [0.1, 0.15) is 6.07 Å². The fourth-order valence-corrected chi connectivity index (χ4v) is 2.48. The van der Waals surface area contributed by atoms with Gasteiger partial charge in [-0.3, -0.25) is 0 Å². The van der Waals surface area contributed by atoms with Gasteiger partial charge in [0.25, 0.3) is 0 Å². The van der Waals surface area contributed by atoms with Crippen LogP contribution in [0, 0.1) is 18.3 Å². The van der Waals surface area contributed by atoms with E-state index in [1.807, 2.05) is 24.4 Å². The first-order valence-electron chi connectivity index (χ1n) is 5.03. The second-order valence-corrected chi connectivity index (χ2v) is 5.43. The molecule has 2 rings (SSSR count). The maximum atomic E-state index is 8.81. The maximum absolute atomic E-state index is 8.81. The zero-order chi connectivity index (χ0) is 12.3. The molecule has 17 heavy (non-hydrogen) atoms. The molecule has 1 aromatic heterocycles. The highest BCUT2D eigenvalue weighted by Gasteiger charge is 2.02. The highest BCUT2D eigenvalue weighted by Crippen LogP contribution is 2.21. The highest BCUT2D eigenvalue weighted by molar-refractivity contribution is 9.10. The number of nitriles is 1. The Morgan fingerprint density at radius 3 is 2.94 bits per heavy atom. The second-order valence-electron chi connectivity index (χ2n) is 3.52. The summed E-state index contributed by atoms with van der Waals surface area (Å²) < 4.78 is 0.805. The zero-order valence-corrected chi connectivity index (χ0v) is 11.6. The summed E-state index contributed by atoms with van der Waals surface area (Å²) in [5.74, 6) is 0. The molecule has 1 aromatic carbocycles. The quantitative estimate of drug-likeness (QED) is 0.940. The Balaban J connectivity index is 2.05. The largest absolute Gasteiger partial charge is 0.379 e. The van der Waals surface area contributed by atoms with E-state index in [1.165, 1.54) is 0 Å². The summed E-state index contributed by atoms with van der Waals surface area (Å²) in [6, 6.07) is 7.70. The fourth-order valence-electron chi connectivity index (χ4n) is 1.40. The van der Waals surface area contributed by atoms with Crippen LogP contribution in [0.2, 0.25) is 0 Å². The van der Waals surface area contributed by atoms with Gasteiger partial charge in [0, 0.05) is 15.5 Å². The summed E-state index contributed by atoms with van der Waals surface area (Å²) in [6.45, 7) is 2.69. The van der Waals surface area contributed by atoms with Gasteiger partial charge in [0.2, 0.25) is 0 Å². The van der Waals surface area contributed by atoms with Crippen LogP contribution in [0.3, 0.4) is 0 Å². The van der Waals surface area contributed by atoms with Crippen LogP contribution in [0.4, 0.5) is 5.69 Å². The van der Waals surface area contributed by atoms with Crippen LogP contribution in [0.5, 0.6) is 0 Å². The molecule has 0 aliphatic rings. The molecule has 0 aliphatic carbocycles. The smallest absolute Gasteiger partial charge is 0.100 e. The lowest BCUT2D eigenvalue weighted by Crippen LogP contribution is -1.99. The van der Waals surface area contributed by atoms with E-state index < -0.39 is 0 Å². The van der Waals surface area contributed by atoms with Gasteiger partial charge >= 0.3 is 0 Å². The lowest BCUT2D eigenvalue weighted by molar-refractivity contribution is 1.05. The van der Waals surface area contributed by atoms with Gasteiger partial charge in [-0.2, -0.15) is 5.26 Å². The van der Waals surface area contributed by atoms with Gasteiger partial charge in [0.15, 0.2) is 0 Å². The summed E-state index contributed by atoms with van der Waals surface area (Å²) in [5, 5.41) is 15.2. The number of halogens is 1. The number of aromatic nitrogens is 1. The van der Waals surface area contributed by atoms with Gasteiger partial charge in [-0.1, -0.05) is 0 Å². The molecule has 0 spiro atoms. The minimum atomic E-state index is 0.639. The SMILES string of the molecule is Cc1nc(CNc2ccc(C#N)c(Br)c2)cs1. The van der Waals surface area contributed by atoms with Crippen molar-refractivity contribution in [1.29, 1.82) is 5.26 Å². The van der Waals surface area contributed by atoms with E-state index in [-0.39, 0.29) is 0 Å². The van der Waals surface area contributed by atoms with E-state index >= 15 is 0 Å². The molecule has 0 aliphatic heterocycles. The highest BCUT2D eigenvalue weighted by atomic mass is 79.9. The summed E-state index contributed by atoms with van der Waals surface area (Å²) >= 11 is 5.01. The minimum absolute atomic E-state index is 0.639. The predicted molar refractivity (Wildman–Crippen MR) is 73.0 cm³/mol. The van der Waals surface area contributed by atoms with Crippen molar-refractivity contribution in [3.8, 4) is 6.07 Å². The van der Waals surface area contributed by atoms with E-state index in [0.29, 0.717) is 12.1 Å². The zero-order valence-electron chi connectivity index (χ0n) is 9.20. The molecule has 0 saturated carbocycles. The lowest BCUT2D eigenvalue weighted by atomic mass is 10.2. The van der Waals surface area contributed by atoms with Gasteiger partial charge in [-0.25, -0.2) is 4.98 Å². The molecule has 1 heterocycles. The molecular weight excluding hydrogens is 298 g/mol. The fraction of sp³-hybridized carbons (Fsp3) is 0.167. The van der Waals surface area contributed by atoms with Gasteiger partial charge in [-0.05, 0) is 41.1 Å². The number of anilines is 1. The lowest BCUT2D eigenvalue weighted by Gasteiger charge is -2.05. The Kier molecular flexibility index (Phi) is 3.77. The van der Waals surface area contributed by atoms with Crippen molar-refractivity contribution in [2.45, 2.75) is 13.5 Å². The summed E-state index contributed by atoms with van der Waals surface area (Å²) in [4.78, 5) is 4.37. The van der Waals surface area contributed by atoms with E-state index in [9.17, 15) is 0 Å². The Labute approximate surface area is 112 Å². The normalized spacial score (nSPS) is 9.94. The molecule has 0 saturated heterocycles. The van der Waals surface area contributed by atoms with Crippen molar-refractivity contribution in [3.63, 3.8) is 0 Å². The van der Waals surface area contributed by atoms with Crippen molar-refractivity contribution >= 4 is 33.0 Å². The Morgan fingerprint density at radius 2 is 2.35 bits per heavy atom.